The summed E-state index contributed by atoms with van der Waals surface area (Å²) >= 11 is 0. The van der Waals surface area contributed by atoms with Gasteiger partial charge < -0.3 is 25.2 Å². The quantitative estimate of drug-likeness (QED) is 0.258. The Balaban J connectivity index is 4.65. The van der Waals surface area contributed by atoms with Crippen LogP contribution in [0.1, 0.15) is 46.0 Å². The van der Waals surface area contributed by atoms with Crippen molar-refractivity contribution in [3.8, 4) is 0 Å². The Bertz CT molecular complexity index is 527. The van der Waals surface area contributed by atoms with Gasteiger partial charge in [0.05, 0.1) is 13.2 Å². The molecule has 3 unspecified atom stereocenters. The first-order valence-corrected chi connectivity index (χ1v) is 10.1. The summed E-state index contributed by atoms with van der Waals surface area (Å²) in [7, 11) is -4.64. The molecule has 0 aliphatic rings. The second-order valence-corrected chi connectivity index (χ2v) is 7.11. The molecule has 158 valence electrons. The van der Waals surface area contributed by atoms with E-state index >= 15 is 0 Å². The number of phosphoric ester groups is 1. The van der Waals surface area contributed by atoms with Crippen LogP contribution in [0.4, 0.5) is 0 Å². The average molecular weight is 413 g/mol. The van der Waals surface area contributed by atoms with Crippen molar-refractivity contribution in [1.29, 1.82) is 0 Å². The lowest BCUT2D eigenvalue weighted by Crippen LogP contribution is -2.34. The van der Waals surface area contributed by atoms with Crippen LogP contribution in [0.3, 0.4) is 0 Å². The van der Waals surface area contributed by atoms with Crippen molar-refractivity contribution >= 4 is 25.7 Å². The monoisotopic (exact) mass is 413 g/mol. The van der Waals surface area contributed by atoms with E-state index in [0.717, 1.165) is 6.42 Å². The van der Waals surface area contributed by atoms with Crippen LogP contribution in [0.5, 0.6) is 0 Å². The van der Waals surface area contributed by atoms with Gasteiger partial charge in [0.15, 0.2) is 6.10 Å². The number of ether oxygens (including phenoxy) is 2. The number of hydrogen-bond acceptors (Lipinski definition) is 9. The number of carboxylic acid groups (broad SMARTS) is 1. The summed E-state index contributed by atoms with van der Waals surface area (Å²) in [6.45, 7) is 1.98. The predicted octanol–water partition coefficient (Wildman–Crippen LogP) is 0.977. The second-order valence-electron chi connectivity index (χ2n) is 5.65. The van der Waals surface area contributed by atoms with Gasteiger partial charge in [0.2, 0.25) is 0 Å². The molecule has 12 heteroatoms. The standard InChI is InChI=1S/C15H28NO10P/c1-3-5-7-14(18)26-11(8-23-13(17)6-4-2)9-24-27(21,22)25-10-12(16)15(19)20/h11-12H,3-10,16H2,1-2H3,(H,19,20)(H,21,22). The summed E-state index contributed by atoms with van der Waals surface area (Å²) in [5.41, 5.74) is 5.16. The topological polar surface area (TPSA) is 172 Å². The zero-order valence-electron chi connectivity index (χ0n) is 15.5. The SMILES string of the molecule is CCCCC(=O)OC(COC(=O)CCC)COP(=O)(O)OCC(N)C(=O)O. The molecule has 0 aromatic rings. The highest BCUT2D eigenvalue weighted by molar-refractivity contribution is 7.47. The zero-order valence-corrected chi connectivity index (χ0v) is 16.4. The fraction of sp³-hybridized carbons (Fsp3) is 0.800. The Labute approximate surface area is 157 Å². The van der Waals surface area contributed by atoms with Gasteiger partial charge in [-0.25, -0.2) is 4.57 Å². The summed E-state index contributed by atoms with van der Waals surface area (Å²) in [5.74, 6) is -2.50. The molecule has 3 atom stereocenters. The van der Waals surface area contributed by atoms with Gasteiger partial charge in [-0.3, -0.25) is 23.4 Å². The van der Waals surface area contributed by atoms with E-state index in [1.807, 2.05) is 6.92 Å². The molecule has 0 saturated carbocycles. The summed E-state index contributed by atoms with van der Waals surface area (Å²) in [4.78, 5) is 43.3. The zero-order chi connectivity index (χ0) is 20.9. The number of esters is 2. The molecule has 0 aromatic carbocycles. The van der Waals surface area contributed by atoms with Crippen LogP contribution in [0.15, 0.2) is 0 Å². The molecule has 4 N–H and O–H groups in total. The highest BCUT2D eigenvalue weighted by atomic mass is 31.2. The summed E-state index contributed by atoms with van der Waals surface area (Å²) in [5, 5.41) is 8.61. The van der Waals surface area contributed by atoms with Crippen LogP contribution in [-0.2, 0) is 37.5 Å². The van der Waals surface area contributed by atoms with E-state index in [-0.39, 0.29) is 19.4 Å². The molecular formula is C15H28NO10P. The number of carboxylic acids is 1. The first kappa shape index (κ1) is 25.5. The number of phosphoric acid groups is 1. The van der Waals surface area contributed by atoms with Gasteiger partial charge in [-0.1, -0.05) is 20.3 Å². The Morgan fingerprint density at radius 1 is 1.00 bits per heavy atom. The largest absolute Gasteiger partial charge is 0.480 e. The number of nitrogens with two attached hydrogens (primary N) is 1. The van der Waals surface area contributed by atoms with Crippen molar-refractivity contribution in [2.75, 3.05) is 19.8 Å². The van der Waals surface area contributed by atoms with E-state index in [4.69, 9.17) is 24.8 Å². The van der Waals surface area contributed by atoms with Crippen LogP contribution in [0.25, 0.3) is 0 Å². The molecule has 0 aliphatic heterocycles. The van der Waals surface area contributed by atoms with Gasteiger partial charge in [0.1, 0.15) is 12.6 Å². The van der Waals surface area contributed by atoms with Crippen molar-refractivity contribution < 1.29 is 47.5 Å². The van der Waals surface area contributed by atoms with E-state index in [1.54, 1.807) is 6.92 Å². The molecule has 0 aliphatic carbocycles. The Kier molecular flexibility index (Phi) is 12.9. The molecule has 0 radical (unpaired) electrons. The molecule has 0 saturated heterocycles. The molecule has 0 bridgehead atoms. The third-order valence-electron chi connectivity index (χ3n) is 3.07. The molecule has 11 nitrogen and oxygen atoms in total. The number of aliphatic carboxylic acids is 1. The Hall–Kier alpha value is -1.52. The summed E-state index contributed by atoms with van der Waals surface area (Å²) < 4.78 is 31.0. The average Bonchev–Trinajstić information content (AvgIpc) is 2.60. The summed E-state index contributed by atoms with van der Waals surface area (Å²) in [6, 6.07) is -1.51. The lowest BCUT2D eigenvalue weighted by molar-refractivity contribution is -0.161. The van der Waals surface area contributed by atoms with E-state index < -0.39 is 51.1 Å². The molecule has 0 rings (SSSR count). The van der Waals surface area contributed by atoms with Crippen LogP contribution in [0, 0.1) is 0 Å². The minimum atomic E-state index is -4.64. The molecule has 0 spiro atoms. The van der Waals surface area contributed by atoms with Crippen LogP contribution < -0.4 is 5.73 Å². The Morgan fingerprint density at radius 2 is 1.63 bits per heavy atom. The molecule has 27 heavy (non-hydrogen) atoms. The maximum absolute atomic E-state index is 11.8. The van der Waals surface area contributed by atoms with Gasteiger partial charge in [0, 0.05) is 12.8 Å². The predicted molar refractivity (Wildman–Crippen MR) is 92.6 cm³/mol. The number of carbonyl (C=O) groups excluding carboxylic acids is 2. The molecule has 0 heterocycles. The number of rotatable bonds is 15. The lowest BCUT2D eigenvalue weighted by Gasteiger charge is -2.20. The third-order valence-corrected chi connectivity index (χ3v) is 4.03. The number of hydrogen-bond donors (Lipinski definition) is 3. The second kappa shape index (κ2) is 13.6. The van der Waals surface area contributed by atoms with E-state index in [9.17, 15) is 23.8 Å². The van der Waals surface area contributed by atoms with E-state index in [2.05, 4.69) is 4.52 Å². The third kappa shape index (κ3) is 13.3. The van der Waals surface area contributed by atoms with E-state index in [0.29, 0.717) is 12.8 Å². The van der Waals surface area contributed by atoms with Gasteiger partial charge in [0.25, 0.3) is 0 Å². The van der Waals surface area contributed by atoms with Crippen LogP contribution >= 0.6 is 7.82 Å². The van der Waals surface area contributed by atoms with Gasteiger partial charge in [-0.05, 0) is 12.8 Å². The van der Waals surface area contributed by atoms with E-state index in [1.165, 1.54) is 0 Å². The first-order chi connectivity index (χ1) is 12.6. The van der Waals surface area contributed by atoms with Crippen molar-refractivity contribution in [2.24, 2.45) is 5.73 Å². The fourth-order valence-corrected chi connectivity index (χ4v) is 2.38. The van der Waals surface area contributed by atoms with Crippen molar-refractivity contribution in [3.05, 3.63) is 0 Å². The summed E-state index contributed by atoms with van der Waals surface area (Å²) in [6.07, 6.45) is 1.12. The molecule has 0 aromatic heterocycles. The highest BCUT2D eigenvalue weighted by Crippen LogP contribution is 2.43. The molecular weight excluding hydrogens is 385 g/mol. The first-order valence-electron chi connectivity index (χ1n) is 8.56. The van der Waals surface area contributed by atoms with Gasteiger partial charge >= 0.3 is 25.7 Å². The van der Waals surface area contributed by atoms with Crippen molar-refractivity contribution in [1.82, 2.24) is 0 Å². The maximum atomic E-state index is 11.8. The molecule has 0 amide bonds. The van der Waals surface area contributed by atoms with Gasteiger partial charge in [-0.15, -0.1) is 0 Å². The Morgan fingerprint density at radius 3 is 2.19 bits per heavy atom. The number of unbranched alkanes of at least 4 members (excludes halogenated alkanes) is 1. The minimum absolute atomic E-state index is 0.136. The van der Waals surface area contributed by atoms with Gasteiger partial charge in [-0.2, -0.15) is 0 Å². The number of carbonyl (C=O) groups is 3. The normalized spacial score (nSPS) is 15.4. The lowest BCUT2D eigenvalue weighted by atomic mass is 10.2. The fourth-order valence-electron chi connectivity index (χ4n) is 1.60. The highest BCUT2D eigenvalue weighted by Gasteiger charge is 2.27. The van der Waals surface area contributed by atoms with Crippen LogP contribution in [0.2, 0.25) is 0 Å². The smallest absolute Gasteiger partial charge is 0.472 e. The van der Waals surface area contributed by atoms with Crippen molar-refractivity contribution in [3.63, 3.8) is 0 Å². The molecule has 0 fully saturated rings. The maximum Gasteiger partial charge on any atom is 0.472 e. The van der Waals surface area contributed by atoms with Crippen LogP contribution in [-0.4, -0.2) is 59.9 Å². The van der Waals surface area contributed by atoms with Crippen molar-refractivity contribution in [2.45, 2.75) is 58.1 Å². The minimum Gasteiger partial charge on any atom is -0.480 e.